The molecule has 1 aliphatic heterocycles. The summed E-state index contributed by atoms with van der Waals surface area (Å²) in [6.07, 6.45) is 0. The van der Waals surface area contributed by atoms with Crippen LogP contribution in [0.15, 0.2) is 18.2 Å². The Morgan fingerprint density at radius 1 is 1.53 bits per heavy atom. The van der Waals surface area contributed by atoms with Gasteiger partial charge in [-0.05, 0) is 24.7 Å². The highest BCUT2D eigenvalue weighted by Crippen LogP contribution is 2.32. The topological polar surface area (TPSA) is 67.6 Å². The molecule has 92 valence electrons. The number of anilines is 1. The number of ether oxygens (including phenoxy) is 1. The number of carbonyl (C=O) groups is 1. The first kappa shape index (κ1) is 11.9. The first-order chi connectivity index (χ1) is 8.26. The maximum Gasteiger partial charge on any atom is 0.265 e. The Labute approximate surface area is 101 Å². The largest absolute Gasteiger partial charge is 0.482 e. The third kappa shape index (κ3) is 2.40. The third-order valence-electron chi connectivity index (χ3n) is 2.79. The van der Waals surface area contributed by atoms with Gasteiger partial charge in [-0.3, -0.25) is 4.79 Å². The molecule has 5 heteroatoms. The molecule has 1 aromatic rings. The molecule has 0 radical (unpaired) electrons. The van der Waals surface area contributed by atoms with Crippen molar-refractivity contribution in [2.75, 3.05) is 31.6 Å². The van der Waals surface area contributed by atoms with Gasteiger partial charge in [0, 0.05) is 19.6 Å². The fraction of sp³-hybridized carbons (Fsp3) is 0.417. The quantitative estimate of drug-likeness (QED) is 0.776. The van der Waals surface area contributed by atoms with Crippen LogP contribution in [0.3, 0.4) is 0 Å². The van der Waals surface area contributed by atoms with E-state index in [1.165, 1.54) is 0 Å². The summed E-state index contributed by atoms with van der Waals surface area (Å²) in [5, 5.41) is 3.04. The van der Waals surface area contributed by atoms with Crippen LogP contribution in [0, 0.1) is 0 Å². The molecule has 2 rings (SSSR count). The first-order valence-electron chi connectivity index (χ1n) is 5.67. The Bertz CT molecular complexity index is 420. The number of rotatable bonds is 4. The minimum atomic E-state index is -0.0121. The highest BCUT2D eigenvalue weighted by molar-refractivity contribution is 5.97. The molecule has 0 bridgehead atoms. The Balaban J connectivity index is 2.31. The second kappa shape index (κ2) is 5.16. The lowest BCUT2D eigenvalue weighted by molar-refractivity contribution is -0.121. The number of nitrogens with zero attached hydrogens (tertiary/aromatic N) is 1. The molecule has 0 unspecified atom stereocenters. The normalized spacial score (nSPS) is 14.5. The van der Waals surface area contributed by atoms with E-state index in [0.717, 1.165) is 23.5 Å². The second-order valence-corrected chi connectivity index (χ2v) is 3.94. The molecule has 1 aliphatic rings. The summed E-state index contributed by atoms with van der Waals surface area (Å²) in [7, 11) is 1.86. The molecule has 0 fully saturated rings. The van der Waals surface area contributed by atoms with Crippen LogP contribution in [0.25, 0.3) is 0 Å². The van der Waals surface area contributed by atoms with Gasteiger partial charge in [-0.2, -0.15) is 0 Å². The van der Waals surface area contributed by atoms with Gasteiger partial charge >= 0.3 is 0 Å². The summed E-state index contributed by atoms with van der Waals surface area (Å²) < 4.78 is 5.39. The van der Waals surface area contributed by atoms with Crippen LogP contribution in [-0.4, -0.2) is 32.7 Å². The Kier molecular flexibility index (Phi) is 3.61. The number of nitrogens with one attached hydrogen (secondary N) is 1. The second-order valence-electron chi connectivity index (χ2n) is 3.94. The van der Waals surface area contributed by atoms with Crippen molar-refractivity contribution in [3.05, 3.63) is 23.8 Å². The fourth-order valence-electron chi connectivity index (χ4n) is 1.84. The van der Waals surface area contributed by atoms with Gasteiger partial charge in [-0.15, -0.1) is 0 Å². The zero-order valence-corrected chi connectivity index (χ0v) is 9.90. The zero-order chi connectivity index (χ0) is 12.3. The predicted octanol–water partition coefficient (Wildman–Crippen LogP) is 0.0901. The van der Waals surface area contributed by atoms with Gasteiger partial charge in [0.05, 0.1) is 5.69 Å². The van der Waals surface area contributed by atoms with Crippen LogP contribution in [0.5, 0.6) is 5.75 Å². The van der Waals surface area contributed by atoms with Crippen molar-refractivity contribution in [1.82, 2.24) is 5.32 Å². The van der Waals surface area contributed by atoms with Gasteiger partial charge in [-0.1, -0.05) is 6.07 Å². The van der Waals surface area contributed by atoms with Gasteiger partial charge in [0.2, 0.25) is 0 Å². The van der Waals surface area contributed by atoms with E-state index in [9.17, 15) is 4.79 Å². The van der Waals surface area contributed by atoms with E-state index in [4.69, 9.17) is 10.5 Å². The van der Waals surface area contributed by atoms with Crippen LogP contribution in [0.4, 0.5) is 5.69 Å². The molecule has 1 heterocycles. The van der Waals surface area contributed by atoms with E-state index in [-0.39, 0.29) is 12.5 Å². The highest BCUT2D eigenvalue weighted by atomic mass is 16.5. The molecule has 1 amide bonds. The van der Waals surface area contributed by atoms with E-state index >= 15 is 0 Å². The molecular formula is C12H17N3O2. The van der Waals surface area contributed by atoms with E-state index in [2.05, 4.69) is 5.32 Å². The molecule has 0 atom stereocenters. The number of nitrogens with two attached hydrogens (primary N) is 1. The minimum Gasteiger partial charge on any atom is -0.482 e. The van der Waals surface area contributed by atoms with Gasteiger partial charge in [0.25, 0.3) is 5.91 Å². The monoisotopic (exact) mass is 235 g/mol. The molecule has 1 aromatic carbocycles. The molecule has 0 spiro atoms. The first-order valence-corrected chi connectivity index (χ1v) is 5.67. The summed E-state index contributed by atoms with van der Waals surface area (Å²) in [5.74, 6) is 0.736. The van der Waals surface area contributed by atoms with Gasteiger partial charge in [-0.25, -0.2) is 0 Å². The van der Waals surface area contributed by atoms with Crippen LogP contribution in [0.2, 0.25) is 0 Å². The number of fused-ring (bicyclic) bond motifs is 1. The summed E-state index contributed by atoms with van der Waals surface area (Å²) in [4.78, 5) is 13.5. The van der Waals surface area contributed by atoms with Gasteiger partial charge in [0.15, 0.2) is 6.61 Å². The number of hydrogen-bond acceptors (Lipinski definition) is 4. The van der Waals surface area contributed by atoms with Crippen molar-refractivity contribution in [2.24, 2.45) is 5.73 Å². The third-order valence-corrected chi connectivity index (χ3v) is 2.79. The zero-order valence-electron chi connectivity index (χ0n) is 9.90. The Morgan fingerprint density at radius 3 is 3.06 bits per heavy atom. The molecule has 5 nitrogen and oxygen atoms in total. The molecule has 0 saturated carbocycles. The number of hydrogen-bond donors (Lipinski definition) is 2. The van der Waals surface area contributed by atoms with Crippen molar-refractivity contribution in [1.29, 1.82) is 0 Å². The maximum atomic E-state index is 11.8. The number of benzene rings is 1. The summed E-state index contributed by atoms with van der Waals surface area (Å²) in [6.45, 7) is 1.96. The molecule has 0 aliphatic carbocycles. The minimum absolute atomic E-state index is 0.0121. The molecule has 17 heavy (non-hydrogen) atoms. The summed E-state index contributed by atoms with van der Waals surface area (Å²) >= 11 is 0. The van der Waals surface area contributed by atoms with Gasteiger partial charge in [0.1, 0.15) is 5.75 Å². The highest BCUT2D eigenvalue weighted by Gasteiger charge is 2.24. The standard InChI is InChI=1S/C12H17N3O2/c1-14-4-5-15-10-6-9(7-13)2-3-11(10)17-8-12(15)16/h2-3,6,14H,4-5,7-8,13H2,1H3. The maximum absolute atomic E-state index is 11.8. The van der Waals surface area contributed by atoms with Crippen molar-refractivity contribution >= 4 is 11.6 Å². The van der Waals surface area contributed by atoms with Crippen molar-refractivity contribution in [3.8, 4) is 5.75 Å². The van der Waals surface area contributed by atoms with Gasteiger partial charge < -0.3 is 20.7 Å². The van der Waals surface area contributed by atoms with Crippen LogP contribution in [-0.2, 0) is 11.3 Å². The van der Waals surface area contributed by atoms with Crippen LogP contribution >= 0.6 is 0 Å². The van der Waals surface area contributed by atoms with E-state index < -0.39 is 0 Å². The summed E-state index contributed by atoms with van der Waals surface area (Å²) in [5.41, 5.74) is 7.42. The van der Waals surface area contributed by atoms with Crippen molar-refractivity contribution in [2.45, 2.75) is 6.54 Å². The Hall–Kier alpha value is -1.59. The SMILES string of the molecule is CNCCN1C(=O)COc2ccc(CN)cc21. The van der Waals surface area contributed by atoms with E-state index in [1.54, 1.807) is 4.90 Å². The van der Waals surface area contributed by atoms with E-state index in [0.29, 0.717) is 13.1 Å². The summed E-state index contributed by atoms with van der Waals surface area (Å²) in [6, 6.07) is 5.71. The average molecular weight is 235 g/mol. The number of amides is 1. The van der Waals surface area contributed by atoms with E-state index in [1.807, 2.05) is 25.2 Å². The van der Waals surface area contributed by atoms with Crippen molar-refractivity contribution < 1.29 is 9.53 Å². The Morgan fingerprint density at radius 2 is 2.35 bits per heavy atom. The van der Waals surface area contributed by atoms with Crippen LogP contribution in [0.1, 0.15) is 5.56 Å². The lowest BCUT2D eigenvalue weighted by Crippen LogP contribution is -2.42. The smallest absolute Gasteiger partial charge is 0.265 e. The predicted molar refractivity (Wildman–Crippen MR) is 66.1 cm³/mol. The van der Waals surface area contributed by atoms with Crippen molar-refractivity contribution in [3.63, 3.8) is 0 Å². The van der Waals surface area contributed by atoms with Crippen LogP contribution < -0.4 is 20.7 Å². The molecular weight excluding hydrogens is 218 g/mol. The average Bonchev–Trinajstić information content (AvgIpc) is 2.37. The number of carbonyl (C=O) groups excluding carboxylic acids is 1. The number of likely N-dealkylation sites (N-methyl/N-ethyl adjacent to an activating group) is 1. The lowest BCUT2D eigenvalue weighted by atomic mass is 10.1. The fourth-order valence-corrected chi connectivity index (χ4v) is 1.84. The molecule has 0 saturated heterocycles. The lowest BCUT2D eigenvalue weighted by Gasteiger charge is -2.29. The molecule has 0 aromatic heterocycles. The molecule has 3 N–H and O–H groups in total.